The van der Waals surface area contributed by atoms with Gasteiger partial charge in [0.25, 0.3) is 17.8 Å². The van der Waals surface area contributed by atoms with E-state index in [2.05, 4.69) is 0 Å². The van der Waals surface area contributed by atoms with Crippen LogP contribution >= 0.6 is 0 Å². The van der Waals surface area contributed by atoms with E-state index < -0.39 is 106 Å². The fraction of sp³-hybridized carbons (Fsp3) is 0.889. The molecule has 0 fully saturated rings. The molecule has 6 nitrogen and oxygen atoms in total. The third-order valence-electron chi connectivity index (χ3n) is 4.36. The molecule has 0 aliphatic carbocycles. The molecule has 0 rings (SSSR count). The molecule has 0 saturated carbocycles. The minimum atomic E-state index is -6.21. The van der Waals surface area contributed by atoms with Gasteiger partial charge in [0.05, 0.1) is 25.0 Å². The molecule has 2 unspecified atom stereocenters. The van der Waals surface area contributed by atoms with Crippen LogP contribution in [0, 0.1) is 0 Å². The topological polar surface area (TPSA) is 98.7 Å². The van der Waals surface area contributed by atoms with E-state index in [9.17, 15) is 68.1 Å². The summed E-state index contributed by atoms with van der Waals surface area (Å²) in [5.74, 6) is -20.1. The Morgan fingerprint density at radius 2 is 1.03 bits per heavy atom. The third-order valence-corrected chi connectivity index (χ3v) is 4.36. The van der Waals surface area contributed by atoms with Crippen molar-refractivity contribution in [2.24, 2.45) is 0 Å². The molecular formula is C18H25F11N2O4. The highest BCUT2D eigenvalue weighted by Gasteiger charge is 2.61. The van der Waals surface area contributed by atoms with Crippen LogP contribution in [-0.2, 0) is 9.59 Å². The normalized spacial score (nSPS) is 15.5. The van der Waals surface area contributed by atoms with Crippen molar-refractivity contribution in [2.75, 3.05) is 13.1 Å². The van der Waals surface area contributed by atoms with Crippen molar-refractivity contribution >= 4 is 11.8 Å². The van der Waals surface area contributed by atoms with Gasteiger partial charge in [0.2, 0.25) is 11.8 Å². The molecule has 0 aromatic rings. The zero-order valence-corrected chi connectivity index (χ0v) is 18.2. The van der Waals surface area contributed by atoms with E-state index >= 15 is 0 Å². The molecule has 2 amide bonds. The Labute approximate surface area is 192 Å². The van der Waals surface area contributed by atoms with Crippen LogP contribution in [0.25, 0.3) is 0 Å². The SMILES string of the molecule is CC(F)(F)CC(F)(F)CCC(=O)NCC(O)C(O)CNC(=O)CCC(F)(F)CC(F)(F)C(F)(F)F. The smallest absolute Gasteiger partial charge is 0.389 e. The van der Waals surface area contributed by atoms with Crippen LogP contribution in [0.15, 0.2) is 0 Å². The predicted octanol–water partition coefficient (Wildman–Crippen LogP) is 3.40. The summed E-state index contributed by atoms with van der Waals surface area (Å²) in [5.41, 5.74) is 0. The molecule has 0 aliphatic rings. The van der Waals surface area contributed by atoms with Crippen molar-refractivity contribution in [3.05, 3.63) is 0 Å². The van der Waals surface area contributed by atoms with Crippen LogP contribution in [0.4, 0.5) is 48.3 Å². The molecular weight excluding hydrogens is 517 g/mol. The van der Waals surface area contributed by atoms with Crippen molar-refractivity contribution in [1.82, 2.24) is 10.6 Å². The first-order valence-corrected chi connectivity index (χ1v) is 9.94. The fourth-order valence-electron chi connectivity index (χ4n) is 2.53. The Balaban J connectivity index is 4.38. The van der Waals surface area contributed by atoms with Gasteiger partial charge in [-0.2, -0.15) is 22.0 Å². The highest BCUT2D eigenvalue weighted by atomic mass is 19.4. The largest absolute Gasteiger partial charge is 0.453 e. The van der Waals surface area contributed by atoms with Crippen LogP contribution < -0.4 is 10.6 Å². The lowest BCUT2D eigenvalue weighted by Gasteiger charge is -2.25. The summed E-state index contributed by atoms with van der Waals surface area (Å²) in [6, 6.07) is 0. The summed E-state index contributed by atoms with van der Waals surface area (Å²) in [6.45, 7) is -1.28. The lowest BCUT2D eigenvalue weighted by molar-refractivity contribution is -0.300. The molecule has 17 heteroatoms. The van der Waals surface area contributed by atoms with E-state index in [1.807, 2.05) is 10.6 Å². The molecule has 0 heterocycles. The Hall–Kier alpha value is -1.91. The van der Waals surface area contributed by atoms with Crippen LogP contribution in [-0.4, -0.2) is 77.2 Å². The van der Waals surface area contributed by atoms with Crippen LogP contribution in [0.1, 0.15) is 45.4 Å². The highest BCUT2D eigenvalue weighted by molar-refractivity contribution is 5.76. The van der Waals surface area contributed by atoms with E-state index in [1.165, 1.54) is 0 Å². The van der Waals surface area contributed by atoms with Gasteiger partial charge >= 0.3 is 12.1 Å². The van der Waals surface area contributed by atoms with Gasteiger partial charge in [-0.05, 0) is 6.92 Å². The van der Waals surface area contributed by atoms with Crippen molar-refractivity contribution < 1.29 is 68.1 Å². The molecule has 0 radical (unpaired) electrons. The van der Waals surface area contributed by atoms with Gasteiger partial charge in [-0.15, -0.1) is 0 Å². The summed E-state index contributed by atoms with van der Waals surface area (Å²) < 4.78 is 140. The number of aliphatic hydroxyl groups excluding tert-OH is 2. The minimum Gasteiger partial charge on any atom is -0.389 e. The molecule has 0 aliphatic heterocycles. The second-order valence-corrected chi connectivity index (χ2v) is 8.08. The van der Waals surface area contributed by atoms with Gasteiger partial charge in [0.15, 0.2) is 0 Å². The Bertz CT molecular complexity index is 697. The van der Waals surface area contributed by atoms with Gasteiger partial charge in [-0.3, -0.25) is 9.59 Å². The average Bonchev–Trinajstić information content (AvgIpc) is 2.63. The third kappa shape index (κ3) is 14.3. The average molecular weight is 542 g/mol. The van der Waals surface area contributed by atoms with E-state index in [0.29, 0.717) is 0 Å². The summed E-state index contributed by atoms with van der Waals surface area (Å²) in [6.07, 6.45) is -19.5. The first-order valence-electron chi connectivity index (χ1n) is 9.94. The van der Waals surface area contributed by atoms with Crippen molar-refractivity contribution in [2.45, 2.75) is 87.5 Å². The lowest BCUT2D eigenvalue weighted by Crippen LogP contribution is -2.45. The zero-order valence-electron chi connectivity index (χ0n) is 18.2. The summed E-state index contributed by atoms with van der Waals surface area (Å²) >= 11 is 0. The standard InChI is InChI=1S/C18H25F11N2O4/c1-14(19,20)8-15(21,22)4-2-12(34)30-6-10(32)11(33)7-31-13(35)3-5-16(23,24)9-17(25,26)18(27,28)29/h10-11,32-33H,2-9H2,1H3,(H,30,34)(H,31,35). The maximum atomic E-state index is 13.4. The fourth-order valence-corrected chi connectivity index (χ4v) is 2.53. The number of carbonyl (C=O) groups is 2. The number of carbonyl (C=O) groups excluding carboxylic acids is 2. The number of aliphatic hydroxyl groups is 2. The second kappa shape index (κ2) is 12.4. The quantitative estimate of drug-likeness (QED) is 0.239. The van der Waals surface area contributed by atoms with E-state index in [1.54, 1.807) is 0 Å². The summed E-state index contributed by atoms with van der Waals surface area (Å²) in [5, 5.41) is 23.0. The van der Waals surface area contributed by atoms with Crippen molar-refractivity contribution in [1.29, 1.82) is 0 Å². The lowest BCUT2D eigenvalue weighted by atomic mass is 10.0. The van der Waals surface area contributed by atoms with Gasteiger partial charge in [0, 0.05) is 38.8 Å². The summed E-state index contributed by atoms with van der Waals surface area (Å²) in [7, 11) is 0. The minimum absolute atomic E-state index is 0.273. The predicted molar refractivity (Wildman–Crippen MR) is 97.3 cm³/mol. The first-order chi connectivity index (χ1) is 15.5. The van der Waals surface area contributed by atoms with Crippen LogP contribution in [0.2, 0.25) is 0 Å². The molecule has 2 atom stereocenters. The van der Waals surface area contributed by atoms with E-state index in [4.69, 9.17) is 0 Å². The number of amides is 2. The van der Waals surface area contributed by atoms with E-state index in [-0.39, 0.29) is 6.92 Å². The molecule has 0 spiro atoms. The molecule has 0 aromatic carbocycles. The van der Waals surface area contributed by atoms with Gasteiger partial charge in [-0.25, -0.2) is 26.3 Å². The van der Waals surface area contributed by atoms with Gasteiger partial charge in [-0.1, -0.05) is 0 Å². The summed E-state index contributed by atoms with van der Waals surface area (Å²) in [4.78, 5) is 23.0. The van der Waals surface area contributed by atoms with Gasteiger partial charge in [0.1, 0.15) is 0 Å². The zero-order chi connectivity index (χ0) is 27.9. The second-order valence-electron chi connectivity index (χ2n) is 8.08. The Morgan fingerprint density at radius 1 is 0.686 bits per heavy atom. The number of halogens is 11. The first kappa shape index (κ1) is 33.1. The number of hydrogen-bond donors (Lipinski definition) is 4. The van der Waals surface area contributed by atoms with Gasteiger partial charge < -0.3 is 20.8 Å². The molecule has 208 valence electrons. The molecule has 0 bridgehead atoms. The van der Waals surface area contributed by atoms with Crippen LogP contribution in [0.5, 0.6) is 0 Å². The molecule has 0 saturated heterocycles. The Kier molecular flexibility index (Phi) is 11.7. The highest BCUT2D eigenvalue weighted by Crippen LogP contribution is 2.43. The molecule has 35 heavy (non-hydrogen) atoms. The number of nitrogens with one attached hydrogen (secondary N) is 2. The number of rotatable bonds is 15. The van der Waals surface area contributed by atoms with Crippen LogP contribution in [0.3, 0.4) is 0 Å². The molecule has 4 N–H and O–H groups in total. The number of hydrogen-bond acceptors (Lipinski definition) is 4. The maximum Gasteiger partial charge on any atom is 0.453 e. The monoisotopic (exact) mass is 542 g/mol. The molecule has 0 aromatic heterocycles. The Morgan fingerprint density at radius 3 is 1.34 bits per heavy atom. The van der Waals surface area contributed by atoms with E-state index in [0.717, 1.165) is 0 Å². The van der Waals surface area contributed by atoms with Crippen molar-refractivity contribution in [3.8, 4) is 0 Å². The van der Waals surface area contributed by atoms with Crippen molar-refractivity contribution in [3.63, 3.8) is 0 Å². The maximum absolute atomic E-state index is 13.4. The number of alkyl halides is 11.